The molecule has 1 N–H and O–H groups in total. The van der Waals surface area contributed by atoms with E-state index in [0.717, 1.165) is 46.4 Å². The first-order valence-corrected chi connectivity index (χ1v) is 13.9. The molecule has 5 rings (SSSR count). The van der Waals surface area contributed by atoms with E-state index in [9.17, 15) is 9.59 Å². The van der Waals surface area contributed by atoms with Crippen LogP contribution in [0.3, 0.4) is 0 Å². The zero-order valence-corrected chi connectivity index (χ0v) is 24.3. The molecule has 2 aliphatic heterocycles. The number of carbonyl (C=O) groups is 2. The second-order valence-electron chi connectivity index (χ2n) is 11.5. The third-order valence-electron chi connectivity index (χ3n) is 7.28. The number of fused-ring (bicyclic) bond motifs is 1. The van der Waals surface area contributed by atoms with Gasteiger partial charge in [-0.1, -0.05) is 24.3 Å². The number of ether oxygens (including phenoxy) is 4. The molecule has 2 amide bonds. The molecule has 9 heteroatoms. The molecule has 41 heavy (non-hydrogen) atoms. The maximum Gasteiger partial charge on any atom is 0.413 e. The van der Waals surface area contributed by atoms with Gasteiger partial charge in [0.25, 0.3) is 0 Å². The number of piperidine rings is 1. The number of likely N-dealkylation sites (tertiary alicyclic amines) is 1. The molecule has 2 aromatic carbocycles. The predicted octanol–water partition coefficient (Wildman–Crippen LogP) is 6.82. The Hall–Kier alpha value is -4.27. The van der Waals surface area contributed by atoms with E-state index >= 15 is 0 Å². The number of carbonyl (C=O) groups excluding carboxylic acids is 2. The fourth-order valence-corrected chi connectivity index (χ4v) is 5.30. The van der Waals surface area contributed by atoms with E-state index in [1.54, 1.807) is 12.0 Å². The lowest BCUT2D eigenvalue weighted by atomic mass is 9.86. The van der Waals surface area contributed by atoms with Crippen molar-refractivity contribution in [1.29, 1.82) is 0 Å². The lowest BCUT2D eigenvalue weighted by Crippen LogP contribution is -2.42. The lowest BCUT2D eigenvalue weighted by Gasteiger charge is -2.35. The molecular weight excluding hydrogens is 522 g/mol. The van der Waals surface area contributed by atoms with Crippen molar-refractivity contribution >= 4 is 18.0 Å². The van der Waals surface area contributed by atoms with Gasteiger partial charge in [0.05, 0.1) is 12.8 Å². The molecule has 1 atom stereocenters. The highest BCUT2D eigenvalue weighted by atomic mass is 16.6. The summed E-state index contributed by atoms with van der Waals surface area (Å²) in [4.78, 5) is 31.8. The number of amides is 2. The van der Waals surface area contributed by atoms with Crippen LogP contribution in [0.1, 0.15) is 61.8 Å². The topological polar surface area (TPSA) is 99.2 Å². The third-order valence-corrected chi connectivity index (χ3v) is 7.28. The van der Waals surface area contributed by atoms with Gasteiger partial charge in [-0.2, -0.15) is 0 Å². The predicted molar refractivity (Wildman–Crippen MR) is 155 cm³/mol. The molecule has 3 heterocycles. The number of nitrogens with zero attached hydrogens (tertiary/aromatic N) is 2. The average Bonchev–Trinajstić information content (AvgIpc) is 2.94. The van der Waals surface area contributed by atoms with Gasteiger partial charge < -0.3 is 23.8 Å². The molecule has 0 spiro atoms. The number of cyclic esters (lactones) is 1. The minimum absolute atomic E-state index is 0.0260. The van der Waals surface area contributed by atoms with Crippen molar-refractivity contribution < 1.29 is 28.5 Å². The van der Waals surface area contributed by atoms with Crippen LogP contribution in [0.25, 0.3) is 11.3 Å². The minimum Gasteiger partial charge on any atom is -0.497 e. The first kappa shape index (κ1) is 28.3. The van der Waals surface area contributed by atoms with Crippen LogP contribution in [0, 0.1) is 6.92 Å². The number of benzene rings is 2. The maximum atomic E-state index is 12.9. The summed E-state index contributed by atoms with van der Waals surface area (Å²) >= 11 is 0. The molecule has 2 aliphatic rings. The summed E-state index contributed by atoms with van der Waals surface area (Å²) in [7, 11) is 1.64. The number of anilines is 1. The SMILES string of the molecule is COc1ccc(COc2cccc(C)c2-c2cc(C3CCCN(C(=O)OC(C)(C)C)C3)c3c(n2)NC(=O)OC3)cc1. The molecule has 0 radical (unpaired) electrons. The minimum atomic E-state index is -0.571. The van der Waals surface area contributed by atoms with Crippen LogP contribution < -0.4 is 14.8 Å². The molecule has 0 saturated carbocycles. The Labute approximate surface area is 240 Å². The summed E-state index contributed by atoms with van der Waals surface area (Å²) in [5.41, 5.74) is 4.81. The van der Waals surface area contributed by atoms with Gasteiger partial charge in [0.15, 0.2) is 0 Å². The van der Waals surface area contributed by atoms with Gasteiger partial charge in [0, 0.05) is 30.1 Å². The van der Waals surface area contributed by atoms with Gasteiger partial charge in [-0.05, 0) is 81.5 Å². The van der Waals surface area contributed by atoms with Crippen LogP contribution in [0.2, 0.25) is 0 Å². The summed E-state index contributed by atoms with van der Waals surface area (Å²) in [6, 6.07) is 15.7. The van der Waals surface area contributed by atoms with Gasteiger partial charge >= 0.3 is 12.2 Å². The Morgan fingerprint density at radius 2 is 1.95 bits per heavy atom. The average molecular weight is 560 g/mol. The number of aromatic nitrogens is 1. The van der Waals surface area contributed by atoms with Gasteiger partial charge in [0.1, 0.15) is 36.1 Å². The summed E-state index contributed by atoms with van der Waals surface area (Å²) < 4.78 is 22.6. The number of hydrogen-bond acceptors (Lipinski definition) is 7. The molecule has 1 unspecified atom stereocenters. The Morgan fingerprint density at radius 3 is 2.68 bits per heavy atom. The molecule has 9 nitrogen and oxygen atoms in total. The fraction of sp³-hybridized carbons (Fsp3) is 0.406. The summed E-state index contributed by atoms with van der Waals surface area (Å²) in [6.45, 7) is 9.27. The first-order chi connectivity index (χ1) is 19.6. The molecule has 216 valence electrons. The fourth-order valence-electron chi connectivity index (χ4n) is 5.30. The van der Waals surface area contributed by atoms with E-state index in [4.69, 9.17) is 23.9 Å². The normalized spacial score (nSPS) is 16.8. The van der Waals surface area contributed by atoms with Gasteiger partial charge in [0.2, 0.25) is 0 Å². The first-order valence-electron chi connectivity index (χ1n) is 13.9. The number of nitrogens with one attached hydrogen (secondary N) is 1. The Balaban J connectivity index is 1.49. The molecule has 1 aromatic heterocycles. The van der Waals surface area contributed by atoms with Crippen molar-refractivity contribution in [1.82, 2.24) is 9.88 Å². The van der Waals surface area contributed by atoms with Crippen molar-refractivity contribution in [2.75, 3.05) is 25.5 Å². The second kappa shape index (κ2) is 11.7. The van der Waals surface area contributed by atoms with Crippen molar-refractivity contribution in [2.45, 2.75) is 65.3 Å². The Bertz CT molecular complexity index is 1430. The van der Waals surface area contributed by atoms with E-state index in [2.05, 4.69) is 11.4 Å². The number of methoxy groups -OCH3 is 1. The maximum absolute atomic E-state index is 12.9. The number of aryl methyl sites for hydroxylation is 1. The van der Waals surface area contributed by atoms with E-state index < -0.39 is 11.7 Å². The molecule has 0 aliphatic carbocycles. The van der Waals surface area contributed by atoms with Crippen LogP contribution in [0.15, 0.2) is 48.5 Å². The van der Waals surface area contributed by atoms with Crippen molar-refractivity contribution in [3.05, 3.63) is 70.8 Å². The number of hydrogen-bond donors (Lipinski definition) is 1. The summed E-state index contributed by atoms with van der Waals surface area (Å²) in [6.07, 6.45) is 0.873. The lowest BCUT2D eigenvalue weighted by molar-refractivity contribution is 0.0198. The van der Waals surface area contributed by atoms with E-state index in [1.165, 1.54) is 0 Å². The van der Waals surface area contributed by atoms with Gasteiger partial charge in [-0.25, -0.2) is 14.6 Å². The van der Waals surface area contributed by atoms with Crippen molar-refractivity contribution in [2.24, 2.45) is 0 Å². The molecular formula is C32H37N3O6. The number of rotatable bonds is 6. The van der Waals surface area contributed by atoms with Crippen LogP contribution >= 0.6 is 0 Å². The zero-order valence-electron chi connectivity index (χ0n) is 24.3. The highest BCUT2D eigenvalue weighted by molar-refractivity contribution is 5.87. The monoisotopic (exact) mass is 559 g/mol. The van der Waals surface area contributed by atoms with E-state index in [1.807, 2.05) is 70.2 Å². The highest BCUT2D eigenvalue weighted by Crippen LogP contribution is 2.40. The van der Waals surface area contributed by atoms with Gasteiger partial charge in [-0.3, -0.25) is 5.32 Å². The largest absolute Gasteiger partial charge is 0.497 e. The quantitative estimate of drug-likeness (QED) is 0.354. The second-order valence-corrected chi connectivity index (χ2v) is 11.5. The molecule has 0 bridgehead atoms. The third kappa shape index (κ3) is 6.56. The van der Waals surface area contributed by atoms with Crippen molar-refractivity contribution in [3.63, 3.8) is 0 Å². The standard InChI is InChI=1S/C32H37N3O6/c1-20-8-6-10-27(39-18-21-11-13-23(38-5)14-12-21)28(20)26-16-24(25-19-40-30(36)34-29(25)33-26)22-9-7-15-35(17-22)31(37)41-32(2,3)4/h6,8,10-14,16,22H,7,9,15,17-19H2,1-5H3,(H,33,34,36). The highest BCUT2D eigenvalue weighted by Gasteiger charge is 2.32. The van der Waals surface area contributed by atoms with Gasteiger partial charge in [-0.15, -0.1) is 0 Å². The zero-order chi connectivity index (χ0) is 29.1. The Kier molecular flexibility index (Phi) is 8.06. The Morgan fingerprint density at radius 1 is 1.17 bits per heavy atom. The summed E-state index contributed by atoms with van der Waals surface area (Å²) in [5.74, 6) is 1.98. The number of pyridine rings is 1. The molecule has 1 saturated heterocycles. The molecule has 3 aromatic rings. The van der Waals surface area contributed by atoms with Crippen LogP contribution in [-0.2, 0) is 22.7 Å². The van der Waals surface area contributed by atoms with E-state index in [-0.39, 0.29) is 18.6 Å². The summed E-state index contributed by atoms with van der Waals surface area (Å²) in [5, 5.41) is 2.79. The van der Waals surface area contributed by atoms with Crippen LogP contribution in [-0.4, -0.2) is 47.9 Å². The van der Waals surface area contributed by atoms with Crippen molar-refractivity contribution in [3.8, 4) is 22.8 Å². The smallest absolute Gasteiger partial charge is 0.413 e. The van der Waals surface area contributed by atoms with Crippen LogP contribution in [0.4, 0.5) is 15.4 Å². The van der Waals surface area contributed by atoms with Crippen LogP contribution in [0.5, 0.6) is 11.5 Å². The van der Waals surface area contributed by atoms with E-state index in [0.29, 0.717) is 37.0 Å². The molecule has 1 fully saturated rings.